The number of nitrogens with zero attached hydrogens (tertiary/aromatic N) is 1. The zero-order valence-corrected chi connectivity index (χ0v) is 9.74. The molecule has 0 amide bonds. The highest BCUT2D eigenvalue weighted by Crippen LogP contribution is 2.23. The SMILES string of the molecule is Cc1cc(=O)c2c(C)cc3cccnc3c2[nH]1. The molecule has 2 aromatic heterocycles. The van der Waals surface area contributed by atoms with E-state index in [1.807, 2.05) is 32.0 Å². The van der Waals surface area contributed by atoms with E-state index in [0.717, 1.165) is 33.1 Å². The number of aromatic nitrogens is 2. The van der Waals surface area contributed by atoms with Crippen molar-refractivity contribution < 1.29 is 0 Å². The summed E-state index contributed by atoms with van der Waals surface area (Å²) >= 11 is 0. The summed E-state index contributed by atoms with van der Waals surface area (Å²) in [6.07, 6.45) is 1.75. The first-order valence-corrected chi connectivity index (χ1v) is 5.55. The predicted molar refractivity (Wildman–Crippen MR) is 69.3 cm³/mol. The van der Waals surface area contributed by atoms with Crippen molar-refractivity contribution in [2.75, 3.05) is 0 Å². The van der Waals surface area contributed by atoms with Gasteiger partial charge in [0.15, 0.2) is 5.43 Å². The number of pyridine rings is 2. The number of rotatable bonds is 0. The van der Waals surface area contributed by atoms with Gasteiger partial charge in [-0.25, -0.2) is 0 Å². The van der Waals surface area contributed by atoms with Gasteiger partial charge >= 0.3 is 0 Å². The third kappa shape index (κ3) is 1.43. The molecule has 0 aliphatic carbocycles. The summed E-state index contributed by atoms with van der Waals surface area (Å²) in [5.41, 5.74) is 3.60. The molecule has 0 aliphatic heterocycles. The van der Waals surface area contributed by atoms with Crippen LogP contribution in [-0.4, -0.2) is 9.97 Å². The van der Waals surface area contributed by atoms with Crippen LogP contribution in [0.15, 0.2) is 35.3 Å². The van der Waals surface area contributed by atoms with E-state index in [4.69, 9.17) is 0 Å². The van der Waals surface area contributed by atoms with Crippen molar-refractivity contribution in [3.8, 4) is 0 Å². The van der Waals surface area contributed by atoms with Crippen LogP contribution < -0.4 is 5.43 Å². The number of benzene rings is 1. The van der Waals surface area contributed by atoms with Gasteiger partial charge in [0.1, 0.15) is 0 Å². The van der Waals surface area contributed by atoms with Gasteiger partial charge in [-0.1, -0.05) is 6.07 Å². The Labute approximate surface area is 98.1 Å². The van der Waals surface area contributed by atoms with Crippen molar-refractivity contribution in [3.05, 3.63) is 51.9 Å². The van der Waals surface area contributed by atoms with Crippen molar-refractivity contribution in [1.29, 1.82) is 0 Å². The first kappa shape index (κ1) is 10.0. The molecule has 84 valence electrons. The van der Waals surface area contributed by atoms with E-state index >= 15 is 0 Å². The Morgan fingerprint density at radius 1 is 1.24 bits per heavy atom. The molecule has 2 heterocycles. The average molecular weight is 224 g/mol. The van der Waals surface area contributed by atoms with E-state index in [-0.39, 0.29) is 5.43 Å². The van der Waals surface area contributed by atoms with Crippen LogP contribution in [0.4, 0.5) is 0 Å². The Kier molecular flexibility index (Phi) is 2.01. The molecule has 3 aromatic rings. The van der Waals surface area contributed by atoms with Crippen molar-refractivity contribution in [3.63, 3.8) is 0 Å². The lowest BCUT2D eigenvalue weighted by molar-refractivity contribution is 1.24. The van der Waals surface area contributed by atoms with Gasteiger partial charge < -0.3 is 4.98 Å². The lowest BCUT2D eigenvalue weighted by Crippen LogP contribution is -2.05. The van der Waals surface area contributed by atoms with Crippen molar-refractivity contribution in [1.82, 2.24) is 9.97 Å². The number of fused-ring (bicyclic) bond motifs is 3. The molecule has 3 rings (SSSR count). The lowest BCUT2D eigenvalue weighted by atomic mass is 10.0. The summed E-state index contributed by atoms with van der Waals surface area (Å²) in [6.45, 7) is 3.84. The molecule has 3 heteroatoms. The molecule has 17 heavy (non-hydrogen) atoms. The Hall–Kier alpha value is -2.16. The smallest absolute Gasteiger partial charge is 0.189 e. The van der Waals surface area contributed by atoms with E-state index < -0.39 is 0 Å². The summed E-state index contributed by atoms with van der Waals surface area (Å²) < 4.78 is 0. The van der Waals surface area contributed by atoms with E-state index in [9.17, 15) is 4.79 Å². The summed E-state index contributed by atoms with van der Waals surface area (Å²) in [7, 11) is 0. The summed E-state index contributed by atoms with van der Waals surface area (Å²) in [4.78, 5) is 19.6. The fraction of sp³-hybridized carbons (Fsp3) is 0.143. The van der Waals surface area contributed by atoms with E-state index in [1.54, 1.807) is 12.3 Å². The van der Waals surface area contributed by atoms with Gasteiger partial charge in [0.05, 0.1) is 16.4 Å². The average Bonchev–Trinajstić information content (AvgIpc) is 2.28. The number of nitrogens with one attached hydrogen (secondary N) is 1. The molecule has 1 aromatic carbocycles. The molecule has 0 fully saturated rings. The zero-order chi connectivity index (χ0) is 12.0. The second-order valence-corrected chi connectivity index (χ2v) is 4.34. The van der Waals surface area contributed by atoms with Gasteiger partial charge in [-0.2, -0.15) is 0 Å². The van der Waals surface area contributed by atoms with Gasteiger partial charge in [-0.15, -0.1) is 0 Å². The highest BCUT2D eigenvalue weighted by Gasteiger charge is 2.08. The molecular weight excluding hydrogens is 212 g/mol. The molecule has 1 N–H and O–H groups in total. The third-order valence-corrected chi connectivity index (χ3v) is 3.01. The topological polar surface area (TPSA) is 45.8 Å². The van der Waals surface area contributed by atoms with E-state index in [0.29, 0.717) is 0 Å². The number of hydrogen-bond donors (Lipinski definition) is 1. The van der Waals surface area contributed by atoms with Crippen LogP contribution in [0.2, 0.25) is 0 Å². The number of hydrogen-bond acceptors (Lipinski definition) is 2. The monoisotopic (exact) mass is 224 g/mol. The van der Waals surface area contributed by atoms with Crippen LogP contribution in [0.1, 0.15) is 11.3 Å². The van der Waals surface area contributed by atoms with Gasteiger partial charge in [-0.05, 0) is 31.5 Å². The highest BCUT2D eigenvalue weighted by atomic mass is 16.1. The molecule has 0 saturated heterocycles. The molecule has 0 unspecified atom stereocenters. The van der Waals surface area contributed by atoms with Gasteiger partial charge in [0, 0.05) is 23.3 Å². The van der Waals surface area contributed by atoms with Crippen LogP contribution in [0.5, 0.6) is 0 Å². The van der Waals surface area contributed by atoms with Crippen LogP contribution in [0.25, 0.3) is 21.8 Å². The number of aromatic amines is 1. The summed E-state index contributed by atoms with van der Waals surface area (Å²) in [5.74, 6) is 0. The maximum Gasteiger partial charge on any atom is 0.189 e. The molecule has 0 radical (unpaired) electrons. The molecule has 3 nitrogen and oxygen atoms in total. The lowest BCUT2D eigenvalue weighted by Gasteiger charge is -2.06. The second-order valence-electron chi connectivity index (χ2n) is 4.34. The Balaban J connectivity index is 2.70. The van der Waals surface area contributed by atoms with E-state index in [1.165, 1.54) is 0 Å². The standard InChI is InChI=1S/C14H12N2O/c1-8-6-10-4-3-5-15-13(10)14-12(8)11(17)7-9(2)16-14/h3-7H,1-2H3,(H,16,17). The quantitative estimate of drug-likeness (QED) is 0.597. The van der Waals surface area contributed by atoms with Crippen LogP contribution >= 0.6 is 0 Å². The van der Waals surface area contributed by atoms with Crippen molar-refractivity contribution in [2.24, 2.45) is 0 Å². The molecule has 0 aliphatic rings. The van der Waals surface area contributed by atoms with Crippen LogP contribution in [0.3, 0.4) is 0 Å². The Morgan fingerprint density at radius 2 is 2.06 bits per heavy atom. The molecule has 0 atom stereocenters. The van der Waals surface area contributed by atoms with E-state index in [2.05, 4.69) is 9.97 Å². The second kappa shape index (κ2) is 3.42. The molecule has 0 saturated carbocycles. The normalized spacial score (nSPS) is 11.2. The van der Waals surface area contributed by atoms with Crippen molar-refractivity contribution in [2.45, 2.75) is 13.8 Å². The highest BCUT2D eigenvalue weighted by molar-refractivity contribution is 6.04. The predicted octanol–water partition coefficient (Wildman–Crippen LogP) is 2.69. The summed E-state index contributed by atoms with van der Waals surface area (Å²) in [6, 6.07) is 7.55. The van der Waals surface area contributed by atoms with Gasteiger partial charge in [0.2, 0.25) is 0 Å². The van der Waals surface area contributed by atoms with Crippen LogP contribution in [0, 0.1) is 13.8 Å². The third-order valence-electron chi connectivity index (χ3n) is 3.01. The molecular formula is C14H12N2O. The Bertz CT molecular complexity index is 787. The van der Waals surface area contributed by atoms with Crippen LogP contribution in [-0.2, 0) is 0 Å². The largest absolute Gasteiger partial charge is 0.357 e. The minimum absolute atomic E-state index is 0.0568. The molecule has 0 bridgehead atoms. The molecule has 0 spiro atoms. The van der Waals surface area contributed by atoms with Crippen molar-refractivity contribution >= 4 is 21.8 Å². The minimum Gasteiger partial charge on any atom is -0.357 e. The Morgan fingerprint density at radius 3 is 2.88 bits per heavy atom. The summed E-state index contributed by atoms with van der Waals surface area (Å²) in [5, 5.41) is 1.79. The number of H-pyrrole nitrogens is 1. The van der Waals surface area contributed by atoms with Gasteiger partial charge in [0.25, 0.3) is 0 Å². The zero-order valence-electron chi connectivity index (χ0n) is 9.74. The first-order chi connectivity index (χ1) is 8.16. The fourth-order valence-electron chi connectivity index (χ4n) is 2.31. The maximum absolute atomic E-state index is 12.0. The minimum atomic E-state index is 0.0568. The van der Waals surface area contributed by atoms with Gasteiger partial charge in [-0.3, -0.25) is 9.78 Å². The fourth-order valence-corrected chi connectivity index (χ4v) is 2.31. The number of aryl methyl sites for hydroxylation is 2. The first-order valence-electron chi connectivity index (χ1n) is 5.55. The maximum atomic E-state index is 12.0.